The van der Waals surface area contributed by atoms with Gasteiger partial charge in [0.05, 0.1) is 19.1 Å². The zero-order chi connectivity index (χ0) is 16.4. The number of ether oxygens (including phenoxy) is 2. The molecular weight excluding hydrogens is 294 g/mol. The summed E-state index contributed by atoms with van der Waals surface area (Å²) in [5.41, 5.74) is -0.000471. The molecule has 0 radical (unpaired) electrons. The van der Waals surface area contributed by atoms with Gasteiger partial charge in [-0.1, -0.05) is 0 Å². The Morgan fingerprint density at radius 2 is 1.86 bits per heavy atom. The number of urea groups is 1. The van der Waals surface area contributed by atoms with E-state index in [2.05, 4.69) is 5.32 Å². The van der Waals surface area contributed by atoms with Gasteiger partial charge in [-0.05, 0) is 6.08 Å². The molecule has 9 nitrogen and oxygen atoms in total. The maximum Gasteiger partial charge on any atom is 0.328 e. The summed E-state index contributed by atoms with van der Waals surface area (Å²) in [7, 11) is 4.01. The number of nitrogens with zero attached hydrogens (tertiary/aromatic N) is 2. The van der Waals surface area contributed by atoms with Crippen LogP contribution in [-0.4, -0.2) is 43.0 Å². The molecule has 2 rings (SSSR count). The van der Waals surface area contributed by atoms with Gasteiger partial charge in [0, 0.05) is 24.7 Å². The molecule has 1 saturated heterocycles. The number of methoxy groups -OCH3 is 2. The lowest BCUT2D eigenvalue weighted by Crippen LogP contribution is -2.25. The van der Waals surface area contributed by atoms with Gasteiger partial charge in [-0.3, -0.25) is 19.8 Å². The molecule has 0 bridgehead atoms. The number of amides is 3. The predicted octanol–water partition coefficient (Wildman–Crippen LogP) is 1.13. The number of carbonyl (C=O) groups is 2. The molecule has 0 saturated carbocycles. The Bertz CT molecular complexity index is 697. The maximum atomic E-state index is 11.8. The first-order valence-electron chi connectivity index (χ1n) is 6.10. The number of hydrogen-bond donors (Lipinski definition) is 1. The zero-order valence-corrected chi connectivity index (χ0v) is 12.1. The quantitative estimate of drug-likeness (QED) is 0.386. The van der Waals surface area contributed by atoms with Crippen LogP contribution in [0.15, 0.2) is 17.8 Å². The third kappa shape index (κ3) is 2.55. The van der Waals surface area contributed by atoms with E-state index in [4.69, 9.17) is 9.47 Å². The van der Waals surface area contributed by atoms with Gasteiger partial charge in [0.2, 0.25) is 5.75 Å². The van der Waals surface area contributed by atoms with E-state index in [0.717, 1.165) is 4.90 Å². The SMILES string of the molecule is COc1cc(OC)c([N+](=O)[O-])cc1/C=C1/NC(=O)N(C)C1=O. The molecule has 22 heavy (non-hydrogen) atoms. The lowest BCUT2D eigenvalue weighted by atomic mass is 10.1. The van der Waals surface area contributed by atoms with Crippen LogP contribution in [0.25, 0.3) is 6.08 Å². The standard InChI is InChI=1S/C13H13N3O6/c1-15-12(17)8(14-13(15)18)4-7-5-9(16(19)20)11(22-3)6-10(7)21-2/h4-6H,1-3H3,(H,14,18)/b8-4+. The number of likely N-dealkylation sites (N-methyl/N-ethyl adjacent to an activating group) is 1. The first kappa shape index (κ1) is 15.3. The third-order valence-electron chi connectivity index (χ3n) is 3.11. The molecule has 0 unspecified atom stereocenters. The summed E-state index contributed by atoms with van der Waals surface area (Å²) in [6, 6.07) is 1.98. The topological polar surface area (TPSA) is 111 Å². The third-order valence-corrected chi connectivity index (χ3v) is 3.11. The van der Waals surface area contributed by atoms with Crippen LogP contribution in [0.1, 0.15) is 5.56 Å². The molecule has 1 heterocycles. The van der Waals surface area contributed by atoms with Crippen LogP contribution in [0.2, 0.25) is 0 Å². The summed E-state index contributed by atoms with van der Waals surface area (Å²) in [4.78, 5) is 34.6. The Labute approximate surface area is 125 Å². The van der Waals surface area contributed by atoms with Crippen molar-refractivity contribution in [2.24, 2.45) is 0 Å². The van der Waals surface area contributed by atoms with Crippen molar-refractivity contribution in [1.82, 2.24) is 10.2 Å². The average Bonchev–Trinajstić information content (AvgIpc) is 2.74. The van der Waals surface area contributed by atoms with Crippen molar-refractivity contribution in [3.8, 4) is 11.5 Å². The molecule has 1 aliphatic heterocycles. The molecule has 9 heteroatoms. The Kier molecular flexibility index (Phi) is 3.97. The van der Waals surface area contributed by atoms with Gasteiger partial charge in [-0.25, -0.2) is 4.79 Å². The highest BCUT2D eigenvalue weighted by atomic mass is 16.6. The minimum absolute atomic E-state index is 0.00487. The van der Waals surface area contributed by atoms with Crippen molar-refractivity contribution in [2.45, 2.75) is 0 Å². The van der Waals surface area contributed by atoms with E-state index < -0.39 is 16.9 Å². The average molecular weight is 307 g/mol. The van der Waals surface area contributed by atoms with E-state index in [1.165, 1.54) is 39.5 Å². The molecule has 1 fully saturated rings. The van der Waals surface area contributed by atoms with E-state index in [-0.39, 0.29) is 28.4 Å². The highest BCUT2D eigenvalue weighted by Crippen LogP contribution is 2.35. The number of carbonyl (C=O) groups excluding carboxylic acids is 2. The fourth-order valence-electron chi connectivity index (χ4n) is 1.94. The van der Waals surface area contributed by atoms with Crippen molar-refractivity contribution in [3.05, 3.63) is 33.5 Å². The fraction of sp³-hybridized carbons (Fsp3) is 0.231. The Morgan fingerprint density at radius 3 is 2.32 bits per heavy atom. The monoisotopic (exact) mass is 307 g/mol. The first-order chi connectivity index (χ1) is 10.4. The number of hydrogen-bond acceptors (Lipinski definition) is 6. The molecule has 3 amide bonds. The van der Waals surface area contributed by atoms with Crippen LogP contribution in [0, 0.1) is 10.1 Å². The molecule has 0 aliphatic carbocycles. The molecule has 1 aliphatic rings. The second-order valence-electron chi connectivity index (χ2n) is 4.38. The van der Waals surface area contributed by atoms with E-state index in [0.29, 0.717) is 0 Å². The van der Waals surface area contributed by atoms with Gasteiger partial charge in [-0.15, -0.1) is 0 Å². The van der Waals surface area contributed by atoms with E-state index in [1.807, 2.05) is 0 Å². The summed E-state index contributed by atoms with van der Waals surface area (Å²) < 4.78 is 10.1. The summed E-state index contributed by atoms with van der Waals surface area (Å²) >= 11 is 0. The van der Waals surface area contributed by atoms with Gasteiger partial charge in [0.15, 0.2) is 0 Å². The van der Waals surface area contributed by atoms with E-state index in [1.54, 1.807) is 0 Å². The van der Waals surface area contributed by atoms with Gasteiger partial charge in [0.25, 0.3) is 5.91 Å². The van der Waals surface area contributed by atoms with Crippen molar-refractivity contribution >= 4 is 23.7 Å². The van der Waals surface area contributed by atoms with Crippen molar-refractivity contribution in [1.29, 1.82) is 0 Å². The predicted molar refractivity (Wildman–Crippen MR) is 75.5 cm³/mol. The molecular formula is C13H13N3O6. The second kappa shape index (κ2) is 5.72. The smallest absolute Gasteiger partial charge is 0.328 e. The van der Waals surface area contributed by atoms with Gasteiger partial charge in [0.1, 0.15) is 11.4 Å². The largest absolute Gasteiger partial charge is 0.496 e. The molecule has 1 N–H and O–H groups in total. The highest BCUT2D eigenvalue weighted by Gasteiger charge is 2.30. The van der Waals surface area contributed by atoms with Crippen LogP contribution < -0.4 is 14.8 Å². The minimum atomic E-state index is -0.610. The number of nitro benzene ring substituents is 1. The molecule has 1 aromatic rings. The van der Waals surface area contributed by atoms with Gasteiger partial charge >= 0.3 is 11.7 Å². The van der Waals surface area contributed by atoms with Crippen LogP contribution in [0.3, 0.4) is 0 Å². The fourth-order valence-corrected chi connectivity index (χ4v) is 1.94. The number of rotatable bonds is 4. The van der Waals surface area contributed by atoms with E-state index >= 15 is 0 Å². The normalized spacial score (nSPS) is 16.0. The Morgan fingerprint density at radius 1 is 1.23 bits per heavy atom. The molecule has 1 aromatic carbocycles. The summed E-state index contributed by atoms with van der Waals surface area (Å²) in [6.07, 6.45) is 1.31. The zero-order valence-electron chi connectivity index (χ0n) is 12.1. The second-order valence-corrected chi connectivity index (χ2v) is 4.38. The molecule has 0 spiro atoms. The molecule has 0 aromatic heterocycles. The highest BCUT2D eigenvalue weighted by molar-refractivity contribution is 6.13. The summed E-state index contributed by atoms with van der Waals surface area (Å²) in [5.74, 6) is -0.236. The van der Waals surface area contributed by atoms with Gasteiger partial charge < -0.3 is 14.8 Å². The maximum absolute atomic E-state index is 11.8. The minimum Gasteiger partial charge on any atom is -0.496 e. The Hall–Kier alpha value is -3.10. The molecule has 0 atom stereocenters. The van der Waals surface area contributed by atoms with Crippen molar-refractivity contribution < 1.29 is 24.0 Å². The van der Waals surface area contributed by atoms with Crippen molar-refractivity contribution in [3.63, 3.8) is 0 Å². The number of nitrogens with one attached hydrogen (secondary N) is 1. The van der Waals surface area contributed by atoms with Crippen molar-refractivity contribution in [2.75, 3.05) is 21.3 Å². The van der Waals surface area contributed by atoms with Crippen LogP contribution in [0.5, 0.6) is 11.5 Å². The number of benzene rings is 1. The molecule has 116 valence electrons. The lowest BCUT2D eigenvalue weighted by molar-refractivity contribution is -0.385. The number of imide groups is 1. The van der Waals surface area contributed by atoms with E-state index in [9.17, 15) is 19.7 Å². The van der Waals surface area contributed by atoms with Crippen LogP contribution in [-0.2, 0) is 4.79 Å². The van der Waals surface area contributed by atoms with Crippen LogP contribution in [0.4, 0.5) is 10.5 Å². The lowest BCUT2D eigenvalue weighted by Gasteiger charge is -2.09. The summed E-state index contributed by atoms with van der Waals surface area (Å²) in [5, 5.41) is 13.4. The first-order valence-corrected chi connectivity index (χ1v) is 6.10. The Balaban J connectivity index is 2.55. The number of nitro groups is 1. The van der Waals surface area contributed by atoms with Gasteiger partial charge in [-0.2, -0.15) is 0 Å². The summed E-state index contributed by atoms with van der Waals surface area (Å²) in [6.45, 7) is 0. The van der Waals surface area contributed by atoms with Crippen LogP contribution >= 0.6 is 0 Å².